The Kier molecular flexibility index (Phi) is 4.67. The average Bonchev–Trinajstić information content (AvgIpc) is 2.84. The number of hydrogen-bond donors (Lipinski definition) is 0. The second-order valence-electron chi connectivity index (χ2n) is 6.87. The molecule has 0 saturated carbocycles. The first-order chi connectivity index (χ1) is 12.5. The van der Waals surface area contributed by atoms with E-state index in [1.165, 1.54) is 42.5 Å². The molecular weight excluding hydrogens is 374 g/mol. The number of rotatable bonds is 4. The lowest BCUT2D eigenvalue weighted by atomic mass is 9.92. The van der Waals surface area contributed by atoms with Gasteiger partial charge in [-0.25, -0.2) is 17.2 Å². The molecule has 0 saturated heterocycles. The molecule has 0 amide bonds. The fourth-order valence-electron chi connectivity index (χ4n) is 2.91. The number of ketones is 1. The van der Waals surface area contributed by atoms with Gasteiger partial charge < -0.3 is 4.74 Å². The number of alkyl halides is 2. The van der Waals surface area contributed by atoms with Gasteiger partial charge in [-0.15, -0.1) is 0 Å². The standard InChI is InChI=1S/C20H18F2O4S/c1-20(2)18(23)16(13-5-4-6-14(11-13)19(21)22)17(26-20)12-7-9-15(10-8-12)27(3,24)25/h4-11,19H,1-3H3. The highest BCUT2D eigenvalue weighted by molar-refractivity contribution is 7.90. The molecule has 3 rings (SSSR count). The summed E-state index contributed by atoms with van der Waals surface area (Å²) in [6, 6.07) is 11.5. The van der Waals surface area contributed by atoms with E-state index in [1.807, 2.05) is 0 Å². The Morgan fingerprint density at radius 3 is 2.19 bits per heavy atom. The number of halogens is 2. The molecule has 1 aliphatic rings. The third-order valence-corrected chi connectivity index (χ3v) is 5.46. The van der Waals surface area contributed by atoms with Crippen molar-refractivity contribution in [2.24, 2.45) is 0 Å². The summed E-state index contributed by atoms with van der Waals surface area (Å²) in [5.74, 6) is -0.0763. The molecule has 0 aliphatic carbocycles. The molecule has 0 radical (unpaired) electrons. The van der Waals surface area contributed by atoms with Gasteiger partial charge in [0.2, 0.25) is 5.78 Å². The largest absolute Gasteiger partial charge is 0.478 e. The second-order valence-corrected chi connectivity index (χ2v) is 8.88. The van der Waals surface area contributed by atoms with Crippen molar-refractivity contribution in [2.75, 3.05) is 6.26 Å². The highest BCUT2D eigenvalue weighted by Gasteiger charge is 2.42. The first-order valence-corrected chi connectivity index (χ1v) is 10.1. The van der Waals surface area contributed by atoms with E-state index in [0.717, 1.165) is 6.26 Å². The number of ether oxygens (including phenoxy) is 1. The third kappa shape index (κ3) is 3.64. The highest BCUT2D eigenvalue weighted by atomic mass is 32.2. The number of carbonyl (C=O) groups excluding carboxylic acids is 1. The zero-order valence-corrected chi connectivity index (χ0v) is 15.8. The minimum Gasteiger partial charge on any atom is -0.478 e. The molecule has 0 aromatic heterocycles. The van der Waals surface area contributed by atoms with Crippen LogP contribution >= 0.6 is 0 Å². The van der Waals surface area contributed by atoms with Gasteiger partial charge in [-0.3, -0.25) is 4.79 Å². The number of Topliss-reactive ketones (excluding diaryl/α,β-unsaturated/α-hetero) is 1. The monoisotopic (exact) mass is 392 g/mol. The summed E-state index contributed by atoms with van der Waals surface area (Å²) in [4.78, 5) is 13.0. The lowest BCUT2D eigenvalue weighted by Crippen LogP contribution is -2.29. The van der Waals surface area contributed by atoms with E-state index in [9.17, 15) is 22.0 Å². The smallest absolute Gasteiger partial charge is 0.263 e. The van der Waals surface area contributed by atoms with Crippen LogP contribution in [0.5, 0.6) is 0 Å². The minimum absolute atomic E-state index is 0.136. The van der Waals surface area contributed by atoms with Gasteiger partial charge in [0.05, 0.1) is 10.5 Å². The Hall–Kier alpha value is -2.54. The van der Waals surface area contributed by atoms with Gasteiger partial charge in [0.1, 0.15) is 5.76 Å². The first kappa shape index (κ1) is 19.2. The summed E-state index contributed by atoms with van der Waals surface area (Å²) in [6.45, 7) is 3.20. The van der Waals surface area contributed by atoms with Gasteiger partial charge in [0.25, 0.3) is 6.43 Å². The lowest BCUT2D eigenvalue weighted by molar-refractivity contribution is -0.125. The minimum atomic E-state index is -3.36. The van der Waals surface area contributed by atoms with Crippen LogP contribution in [0.25, 0.3) is 11.3 Å². The fourth-order valence-corrected chi connectivity index (χ4v) is 3.54. The molecule has 0 spiro atoms. The molecular formula is C20H18F2O4S. The summed E-state index contributed by atoms with van der Waals surface area (Å²) in [7, 11) is -3.36. The van der Waals surface area contributed by atoms with Crippen molar-refractivity contribution < 1.29 is 26.7 Å². The average molecular weight is 392 g/mol. The van der Waals surface area contributed by atoms with E-state index in [2.05, 4.69) is 0 Å². The van der Waals surface area contributed by atoms with Gasteiger partial charge in [0.15, 0.2) is 15.4 Å². The number of benzene rings is 2. The van der Waals surface area contributed by atoms with Gasteiger partial charge in [0, 0.05) is 17.4 Å². The van der Waals surface area contributed by atoms with Gasteiger partial charge in [-0.05, 0) is 49.7 Å². The Morgan fingerprint density at radius 1 is 1.00 bits per heavy atom. The summed E-state index contributed by atoms with van der Waals surface area (Å²) in [6.07, 6.45) is -1.56. The van der Waals surface area contributed by atoms with Gasteiger partial charge in [-0.1, -0.05) is 18.2 Å². The van der Waals surface area contributed by atoms with Crippen LogP contribution in [0.1, 0.15) is 37.0 Å². The van der Waals surface area contributed by atoms with Crippen LogP contribution in [0.4, 0.5) is 8.78 Å². The van der Waals surface area contributed by atoms with Crippen LogP contribution in [0.2, 0.25) is 0 Å². The van der Waals surface area contributed by atoms with E-state index in [0.29, 0.717) is 11.1 Å². The van der Waals surface area contributed by atoms with Crippen LogP contribution in [0.15, 0.2) is 53.4 Å². The lowest BCUT2D eigenvalue weighted by Gasteiger charge is -2.17. The fraction of sp³-hybridized carbons (Fsp3) is 0.250. The molecule has 4 nitrogen and oxygen atoms in total. The Balaban J connectivity index is 2.17. The summed E-state index contributed by atoms with van der Waals surface area (Å²) in [5, 5.41) is 0. The molecule has 0 fully saturated rings. The van der Waals surface area contributed by atoms with E-state index in [-0.39, 0.29) is 27.6 Å². The van der Waals surface area contributed by atoms with Crippen LogP contribution in [-0.4, -0.2) is 26.1 Å². The van der Waals surface area contributed by atoms with Gasteiger partial charge in [-0.2, -0.15) is 0 Å². The molecule has 2 aromatic carbocycles. The Bertz CT molecular complexity index is 1040. The molecule has 0 atom stereocenters. The summed E-state index contributed by atoms with van der Waals surface area (Å²) >= 11 is 0. The van der Waals surface area contributed by atoms with Crippen molar-refractivity contribution in [3.8, 4) is 0 Å². The Labute approximate surface area is 156 Å². The van der Waals surface area contributed by atoms with Crippen molar-refractivity contribution >= 4 is 27.0 Å². The summed E-state index contributed by atoms with van der Waals surface area (Å²) in [5.41, 5.74) is -0.302. The molecule has 142 valence electrons. The third-order valence-electron chi connectivity index (χ3n) is 4.33. The molecule has 0 N–H and O–H groups in total. The van der Waals surface area contributed by atoms with Crippen molar-refractivity contribution in [3.63, 3.8) is 0 Å². The van der Waals surface area contributed by atoms with Crippen molar-refractivity contribution in [3.05, 3.63) is 65.2 Å². The maximum absolute atomic E-state index is 13.1. The van der Waals surface area contributed by atoms with E-state index in [4.69, 9.17) is 4.74 Å². The normalized spacial score (nSPS) is 16.7. The topological polar surface area (TPSA) is 60.4 Å². The van der Waals surface area contributed by atoms with Crippen LogP contribution in [0.3, 0.4) is 0 Å². The van der Waals surface area contributed by atoms with Crippen molar-refractivity contribution in [1.82, 2.24) is 0 Å². The maximum Gasteiger partial charge on any atom is 0.263 e. The predicted octanol–water partition coefficient (Wildman–Crippen LogP) is 4.27. The SMILES string of the molecule is CC1(C)OC(c2ccc(S(C)(=O)=O)cc2)=C(c2cccc(C(F)F)c2)C1=O. The molecule has 1 aliphatic heterocycles. The predicted molar refractivity (Wildman–Crippen MR) is 97.9 cm³/mol. The van der Waals surface area contributed by atoms with Crippen LogP contribution in [0, 0.1) is 0 Å². The molecule has 7 heteroatoms. The zero-order chi connectivity index (χ0) is 20.0. The van der Waals surface area contributed by atoms with E-state index >= 15 is 0 Å². The first-order valence-electron chi connectivity index (χ1n) is 8.18. The number of hydrogen-bond acceptors (Lipinski definition) is 4. The maximum atomic E-state index is 13.1. The molecule has 0 bridgehead atoms. The molecule has 1 heterocycles. The zero-order valence-electron chi connectivity index (χ0n) is 15.0. The van der Waals surface area contributed by atoms with Gasteiger partial charge >= 0.3 is 0 Å². The number of carbonyl (C=O) groups is 1. The van der Waals surface area contributed by atoms with Crippen molar-refractivity contribution in [2.45, 2.75) is 30.8 Å². The quantitative estimate of drug-likeness (QED) is 0.780. The summed E-state index contributed by atoms with van der Waals surface area (Å²) < 4.78 is 55.3. The highest BCUT2D eigenvalue weighted by Crippen LogP contribution is 2.41. The van der Waals surface area contributed by atoms with E-state index < -0.39 is 21.9 Å². The number of sulfone groups is 1. The van der Waals surface area contributed by atoms with E-state index in [1.54, 1.807) is 19.9 Å². The Morgan fingerprint density at radius 2 is 1.63 bits per heavy atom. The molecule has 27 heavy (non-hydrogen) atoms. The van der Waals surface area contributed by atoms with Crippen molar-refractivity contribution in [1.29, 1.82) is 0 Å². The van der Waals surface area contributed by atoms with Crippen LogP contribution < -0.4 is 0 Å². The van der Waals surface area contributed by atoms with Crippen LogP contribution in [-0.2, 0) is 19.4 Å². The second kappa shape index (κ2) is 6.56. The molecule has 2 aromatic rings. The molecule has 0 unspecified atom stereocenters.